The molecule has 16 heteroatoms. The van der Waals surface area contributed by atoms with E-state index in [0.29, 0.717) is 19.0 Å². The molecule has 2 atom stereocenters. The number of hydrogen-bond acceptors (Lipinski definition) is 11. The number of pyridine rings is 2. The minimum absolute atomic E-state index is 0.213. The molecule has 2 aliphatic heterocycles. The van der Waals surface area contributed by atoms with Crippen LogP contribution in [0.1, 0.15) is 56.6 Å². The number of hydrogen-bond donors (Lipinski definition) is 3. The van der Waals surface area contributed by atoms with Gasteiger partial charge in [0.1, 0.15) is 18.3 Å². The summed E-state index contributed by atoms with van der Waals surface area (Å²) in [5.41, 5.74) is 5.21. The fourth-order valence-corrected chi connectivity index (χ4v) is 6.23. The summed E-state index contributed by atoms with van der Waals surface area (Å²) in [5, 5.41) is 27.4. The lowest BCUT2D eigenvalue weighted by Crippen LogP contribution is -2.35. The summed E-state index contributed by atoms with van der Waals surface area (Å²) in [6.07, 6.45) is 12.7. The number of aryl methyl sites for hydroxylation is 2. The third-order valence-electron chi connectivity index (χ3n) is 8.59. The molecule has 2 unspecified atom stereocenters. The number of nitrogens with one attached hydrogen (secondary N) is 3. The van der Waals surface area contributed by atoms with E-state index in [1.165, 1.54) is 11.9 Å². The van der Waals surface area contributed by atoms with Crippen LogP contribution in [0, 0.1) is 0 Å². The van der Waals surface area contributed by atoms with Gasteiger partial charge in [-0.15, -0.1) is 0 Å². The first-order chi connectivity index (χ1) is 23.6. The Morgan fingerprint density at radius 1 is 0.857 bits per heavy atom. The highest BCUT2D eigenvalue weighted by molar-refractivity contribution is 5.74. The molecule has 2 aliphatic rings. The molecule has 0 bridgehead atoms. The second-order valence-electron chi connectivity index (χ2n) is 13.5. The van der Waals surface area contributed by atoms with E-state index in [-0.39, 0.29) is 12.0 Å². The van der Waals surface area contributed by atoms with Crippen molar-refractivity contribution in [3.8, 4) is 0 Å². The number of fused-ring (bicyclic) bond motifs is 2. The number of ether oxygens (including phenoxy) is 1. The summed E-state index contributed by atoms with van der Waals surface area (Å²) in [7, 11) is 3.77. The van der Waals surface area contributed by atoms with Gasteiger partial charge in [-0.05, 0) is 69.3 Å². The summed E-state index contributed by atoms with van der Waals surface area (Å²) in [4.78, 5) is 22.8. The van der Waals surface area contributed by atoms with Gasteiger partial charge in [0.05, 0.1) is 11.4 Å². The molecule has 2 fully saturated rings. The zero-order valence-corrected chi connectivity index (χ0v) is 28.4. The molecular formula is C33H42N14O2. The Bertz CT molecular complexity index is 2060. The molecule has 0 aromatic carbocycles. The van der Waals surface area contributed by atoms with Crippen molar-refractivity contribution in [3.05, 3.63) is 72.8 Å². The first-order valence-electron chi connectivity index (χ1n) is 16.5. The van der Waals surface area contributed by atoms with Gasteiger partial charge in [0.2, 0.25) is 0 Å². The van der Waals surface area contributed by atoms with Gasteiger partial charge < -0.3 is 25.6 Å². The van der Waals surface area contributed by atoms with Gasteiger partial charge in [0.25, 0.3) is 0 Å². The second-order valence-corrected chi connectivity index (χ2v) is 13.5. The predicted molar refractivity (Wildman–Crippen MR) is 184 cm³/mol. The Morgan fingerprint density at radius 3 is 1.92 bits per heavy atom. The maximum absolute atomic E-state index is 12.4. The fourth-order valence-electron chi connectivity index (χ4n) is 6.23. The monoisotopic (exact) mass is 666 g/mol. The maximum atomic E-state index is 12.4. The van der Waals surface area contributed by atoms with Crippen LogP contribution in [0.25, 0.3) is 11.3 Å². The molecule has 6 aromatic rings. The lowest BCUT2D eigenvalue weighted by atomic mass is 10.00. The van der Waals surface area contributed by atoms with E-state index < -0.39 is 5.60 Å². The predicted octanol–water partition coefficient (Wildman–Crippen LogP) is 4.21. The zero-order valence-electron chi connectivity index (χ0n) is 28.4. The van der Waals surface area contributed by atoms with Gasteiger partial charge in [-0.1, -0.05) is 0 Å². The van der Waals surface area contributed by atoms with E-state index >= 15 is 0 Å². The van der Waals surface area contributed by atoms with Crippen LogP contribution in [0.4, 0.5) is 27.8 Å². The van der Waals surface area contributed by atoms with Crippen LogP contribution in [0.5, 0.6) is 0 Å². The van der Waals surface area contributed by atoms with Crippen molar-refractivity contribution in [1.29, 1.82) is 0 Å². The number of aromatic nitrogens is 10. The largest absolute Gasteiger partial charge is 0.444 e. The van der Waals surface area contributed by atoms with Crippen molar-refractivity contribution < 1.29 is 9.53 Å². The Labute approximate surface area is 283 Å². The summed E-state index contributed by atoms with van der Waals surface area (Å²) in [5.74, 6) is 2.30. The first kappa shape index (κ1) is 32.1. The summed E-state index contributed by atoms with van der Waals surface area (Å²) >= 11 is 0. The topological polar surface area (TPSA) is 162 Å². The molecule has 0 aliphatic carbocycles. The number of anilines is 4. The van der Waals surface area contributed by atoms with Crippen LogP contribution in [0.15, 0.2) is 61.7 Å². The Kier molecular flexibility index (Phi) is 8.62. The van der Waals surface area contributed by atoms with E-state index in [2.05, 4.69) is 64.6 Å². The van der Waals surface area contributed by atoms with Crippen LogP contribution in [-0.4, -0.2) is 91.5 Å². The molecule has 2 saturated heterocycles. The molecule has 0 radical (unpaired) electrons. The first-order valence-corrected chi connectivity index (χ1v) is 16.5. The van der Waals surface area contributed by atoms with Crippen molar-refractivity contribution in [1.82, 2.24) is 59.0 Å². The van der Waals surface area contributed by atoms with E-state index in [0.717, 1.165) is 65.8 Å². The average Bonchev–Trinajstić information content (AvgIpc) is 3.90. The highest BCUT2D eigenvalue weighted by Crippen LogP contribution is 2.32. The van der Waals surface area contributed by atoms with Gasteiger partial charge in [-0.2, -0.15) is 20.4 Å². The lowest BCUT2D eigenvalue weighted by molar-refractivity contribution is 0.0292. The number of likely N-dealkylation sites (tertiary alicyclic amines) is 1. The molecule has 0 spiro atoms. The SMILES string of the molecule is Cn1ccc(Nc2cc(C3CCN(C(=O)OC(C)(C)C)C3)cn3ncnc23)n1.Cn1ccc(Nc2cc(C3CCNC3)cn3ncnc23)n1. The zero-order chi connectivity index (χ0) is 34.1. The molecule has 3 N–H and O–H groups in total. The van der Waals surface area contributed by atoms with Gasteiger partial charge in [0, 0.05) is 76.6 Å². The molecule has 256 valence electrons. The molecule has 1 amide bonds. The van der Waals surface area contributed by atoms with Crippen LogP contribution < -0.4 is 16.0 Å². The highest BCUT2D eigenvalue weighted by Gasteiger charge is 2.31. The molecule has 0 saturated carbocycles. The Balaban J connectivity index is 0.000000160. The summed E-state index contributed by atoms with van der Waals surface area (Å²) in [6, 6.07) is 8.08. The molecule has 6 aromatic heterocycles. The van der Waals surface area contributed by atoms with Crippen LogP contribution in [-0.2, 0) is 18.8 Å². The quantitative estimate of drug-likeness (QED) is 0.234. The summed E-state index contributed by atoms with van der Waals surface area (Å²) < 4.78 is 12.6. The lowest BCUT2D eigenvalue weighted by Gasteiger charge is -2.24. The van der Waals surface area contributed by atoms with Gasteiger partial charge >= 0.3 is 6.09 Å². The van der Waals surface area contributed by atoms with E-state index in [1.54, 1.807) is 25.1 Å². The second kappa shape index (κ2) is 13.2. The average molecular weight is 667 g/mol. The van der Waals surface area contributed by atoms with E-state index in [4.69, 9.17) is 4.74 Å². The minimum atomic E-state index is -0.491. The maximum Gasteiger partial charge on any atom is 0.410 e. The van der Waals surface area contributed by atoms with E-state index in [1.807, 2.05) is 70.1 Å². The molecule has 8 rings (SSSR count). The van der Waals surface area contributed by atoms with Crippen LogP contribution >= 0.6 is 0 Å². The smallest absolute Gasteiger partial charge is 0.410 e. The number of carbonyl (C=O) groups is 1. The molecule has 49 heavy (non-hydrogen) atoms. The van der Waals surface area contributed by atoms with Crippen molar-refractivity contribution in [2.75, 3.05) is 36.8 Å². The third-order valence-corrected chi connectivity index (χ3v) is 8.59. The Morgan fingerprint density at radius 2 is 1.43 bits per heavy atom. The van der Waals surface area contributed by atoms with E-state index in [9.17, 15) is 4.79 Å². The van der Waals surface area contributed by atoms with Crippen molar-refractivity contribution in [3.63, 3.8) is 0 Å². The minimum Gasteiger partial charge on any atom is -0.444 e. The molecular weight excluding hydrogens is 624 g/mol. The number of nitrogens with zero attached hydrogens (tertiary/aromatic N) is 11. The normalized spacial score (nSPS) is 17.8. The van der Waals surface area contributed by atoms with Gasteiger partial charge in [0.15, 0.2) is 22.9 Å². The summed E-state index contributed by atoms with van der Waals surface area (Å²) in [6.45, 7) is 9.04. The van der Waals surface area contributed by atoms with Crippen molar-refractivity contribution in [2.45, 2.75) is 51.0 Å². The van der Waals surface area contributed by atoms with Crippen molar-refractivity contribution >= 4 is 40.4 Å². The molecule has 8 heterocycles. The fraction of sp³-hybridized carbons (Fsp3) is 0.424. The third kappa shape index (κ3) is 7.33. The number of rotatable bonds is 6. The number of amides is 1. The highest BCUT2D eigenvalue weighted by atomic mass is 16.6. The van der Waals surface area contributed by atoms with Crippen LogP contribution in [0.2, 0.25) is 0 Å². The standard InChI is InChI=1S/C19H25N7O2.C14H17N7/c1-19(2,3)28-18(27)25-8-5-13(10-25)14-9-15(17-20-12-21-26(17)11-14)22-16-6-7-24(4)23-16;1-20-5-3-13(19-20)18-12-6-11(10-2-4-15-7-10)8-21-14(12)16-9-17-21/h6-7,9,11-13H,5,8,10H2,1-4H3,(H,22,23);3,5-6,8-10,15H,2,4,7H2,1H3,(H,18,19). The van der Waals surface area contributed by atoms with Crippen molar-refractivity contribution in [2.24, 2.45) is 14.1 Å². The van der Waals surface area contributed by atoms with Gasteiger partial charge in [-0.3, -0.25) is 9.36 Å². The van der Waals surface area contributed by atoms with Gasteiger partial charge in [-0.25, -0.2) is 23.8 Å². The molecule has 16 nitrogen and oxygen atoms in total. The number of carbonyl (C=O) groups excluding carboxylic acids is 1. The Hall–Kier alpha value is -5.51. The van der Waals surface area contributed by atoms with Crippen LogP contribution in [0.3, 0.4) is 0 Å².